The molecule has 0 unspecified atom stereocenters. The van der Waals surface area contributed by atoms with Crippen LogP contribution in [-0.4, -0.2) is 28.2 Å². The van der Waals surface area contributed by atoms with Crippen molar-refractivity contribution in [2.75, 3.05) is 6.61 Å². The molecule has 3 rings (SSSR count). The Bertz CT molecular complexity index is 929. The van der Waals surface area contributed by atoms with Gasteiger partial charge < -0.3 is 20.1 Å². The summed E-state index contributed by atoms with van der Waals surface area (Å²) < 4.78 is 7.46. The van der Waals surface area contributed by atoms with Gasteiger partial charge in [-0.05, 0) is 31.2 Å². The predicted molar refractivity (Wildman–Crippen MR) is 109 cm³/mol. The fourth-order valence-electron chi connectivity index (χ4n) is 2.96. The quantitative estimate of drug-likeness (QED) is 0.693. The number of hydrogen-bond donors (Lipinski definition) is 2. The summed E-state index contributed by atoms with van der Waals surface area (Å²) in [6.07, 6.45) is 0. The van der Waals surface area contributed by atoms with Gasteiger partial charge in [-0.1, -0.05) is 39.8 Å². The monoisotopic (exact) mass is 372 g/mol. The van der Waals surface area contributed by atoms with E-state index in [1.54, 1.807) is 24.3 Å². The highest BCUT2D eigenvalue weighted by molar-refractivity contribution is 6.19. The molecule has 0 aliphatic rings. The number of hydrogen-bond acceptors (Lipinski definition) is 3. The van der Waals surface area contributed by atoms with Crippen molar-refractivity contribution in [3.8, 4) is 5.75 Å². The van der Waals surface area contributed by atoms with Crippen LogP contribution < -0.4 is 10.5 Å². The molecule has 146 valence electrons. The molecule has 6 heteroatoms. The van der Waals surface area contributed by atoms with Gasteiger partial charge in [0.15, 0.2) is 6.61 Å². The number of aliphatic carboxylic acids is 1. The third-order valence-electron chi connectivity index (χ3n) is 3.81. The third-order valence-corrected chi connectivity index (χ3v) is 3.81. The van der Waals surface area contributed by atoms with Gasteiger partial charge in [0.25, 0.3) is 0 Å². The summed E-state index contributed by atoms with van der Waals surface area (Å²) in [5.41, 5.74) is 7.65. The van der Waals surface area contributed by atoms with Gasteiger partial charge in [-0.25, -0.2) is 4.79 Å². The highest BCUT2D eigenvalue weighted by atomic mass is 16.5. The van der Waals surface area contributed by atoms with Crippen LogP contribution >= 0.6 is 0 Å². The SMILES string of the molecule is CC.CC.CCn1c2cccc(OCC(=O)O)c2c2c(C(N)=O)cccc21. The number of carbonyl (C=O) groups is 2. The van der Waals surface area contributed by atoms with Crippen LogP contribution in [0.3, 0.4) is 0 Å². The van der Waals surface area contributed by atoms with Crippen LogP contribution in [-0.2, 0) is 11.3 Å². The van der Waals surface area contributed by atoms with E-state index in [1.165, 1.54) is 0 Å². The number of primary amides is 1. The molecule has 0 atom stereocenters. The van der Waals surface area contributed by atoms with Crippen LogP contribution in [0.15, 0.2) is 36.4 Å². The van der Waals surface area contributed by atoms with Gasteiger partial charge in [-0.15, -0.1) is 0 Å². The number of carboxylic acid groups (broad SMARTS) is 1. The van der Waals surface area contributed by atoms with Crippen molar-refractivity contribution in [1.29, 1.82) is 0 Å². The van der Waals surface area contributed by atoms with Crippen molar-refractivity contribution < 1.29 is 19.4 Å². The second-order valence-corrected chi connectivity index (χ2v) is 5.14. The third kappa shape index (κ3) is 4.39. The Hall–Kier alpha value is -3.02. The van der Waals surface area contributed by atoms with Crippen molar-refractivity contribution in [2.45, 2.75) is 41.2 Å². The molecule has 1 heterocycles. The van der Waals surface area contributed by atoms with Gasteiger partial charge >= 0.3 is 5.97 Å². The number of nitrogens with two attached hydrogens (primary N) is 1. The van der Waals surface area contributed by atoms with Crippen LogP contribution in [0.2, 0.25) is 0 Å². The number of carbonyl (C=O) groups excluding carboxylic acids is 1. The average Bonchev–Trinajstić information content (AvgIpc) is 3.03. The largest absolute Gasteiger partial charge is 0.481 e. The molecule has 6 nitrogen and oxygen atoms in total. The average molecular weight is 372 g/mol. The van der Waals surface area contributed by atoms with Crippen molar-refractivity contribution >= 4 is 33.7 Å². The summed E-state index contributed by atoms with van der Waals surface area (Å²) >= 11 is 0. The Kier molecular flexibility index (Phi) is 8.33. The predicted octanol–water partition coefficient (Wildman–Crippen LogP) is 4.43. The molecular formula is C21H28N2O4. The van der Waals surface area contributed by atoms with Crippen molar-refractivity contribution in [2.24, 2.45) is 5.73 Å². The highest BCUT2D eigenvalue weighted by Crippen LogP contribution is 2.37. The van der Waals surface area contributed by atoms with E-state index < -0.39 is 18.5 Å². The van der Waals surface area contributed by atoms with Crippen LogP contribution in [0.1, 0.15) is 45.0 Å². The van der Waals surface area contributed by atoms with E-state index in [0.717, 1.165) is 11.0 Å². The molecule has 3 aromatic rings. The molecule has 1 aromatic heterocycles. The van der Waals surface area contributed by atoms with Crippen LogP contribution in [0, 0.1) is 0 Å². The van der Waals surface area contributed by atoms with E-state index in [1.807, 2.05) is 51.3 Å². The van der Waals surface area contributed by atoms with Gasteiger partial charge in [0.1, 0.15) is 5.75 Å². The second-order valence-electron chi connectivity index (χ2n) is 5.14. The number of rotatable bonds is 5. The van der Waals surface area contributed by atoms with Gasteiger partial charge in [-0.2, -0.15) is 0 Å². The van der Waals surface area contributed by atoms with Crippen molar-refractivity contribution in [3.63, 3.8) is 0 Å². The molecule has 0 radical (unpaired) electrons. The van der Waals surface area contributed by atoms with E-state index in [9.17, 15) is 9.59 Å². The Balaban J connectivity index is 0.000000855. The van der Waals surface area contributed by atoms with E-state index >= 15 is 0 Å². The number of benzene rings is 2. The molecule has 0 spiro atoms. The molecule has 0 aliphatic carbocycles. The number of carboxylic acids is 1. The molecule has 0 aliphatic heterocycles. The number of aryl methyl sites for hydroxylation is 1. The lowest BCUT2D eigenvalue weighted by molar-refractivity contribution is -0.139. The van der Waals surface area contributed by atoms with Crippen LogP contribution in [0.25, 0.3) is 21.8 Å². The zero-order valence-electron chi connectivity index (χ0n) is 16.6. The molecule has 27 heavy (non-hydrogen) atoms. The zero-order chi connectivity index (χ0) is 20.6. The summed E-state index contributed by atoms with van der Waals surface area (Å²) in [5, 5.41) is 10.3. The fraction of sp³-hybridized carbons (Fsp3) is 0.333. The first-order valence-electron chi connectivity index (χ1n) is 9.23. The van der Waals surface area contributed by atoms with Gasteiger partial charge in [0.05, 0.1) is 16.4 Å². The van der Waals surface area contributed by atoms with Gasteiger partial charge in [-0.3, -0.25) is 4.79 Å². The Labute approximate surface area is 159 Å². The van der Waals surface area contributed by atoms with E-state index in [0.29, 0.717) is 28.6 Å². The molecule has 0 saturated heterocycles. The van der Waals surface area contributed by atoms with Crippen molar-refractivity contribution in [1.82, 2.24) is 4.57 Å². The lowest BCUT2D eigenvalue weighted by Gasteiger charge is -2.06. The van der Waals surface area contributed by atoms with E-state index in [4.69, 9.17) is 15.6 Å². The van der Waals surface area contributed by atoms with Gasteiger partial charge in [0, 0.05) is 17.5 Å². The summed E-state index contributed by atoms with van der Waals surface area (Å²) in [4.78, 5) is 22.6. The molecule has 0 saturated carbocycles. The maximum atomic E-state index is 11.8. The minimum atomic E-state index is -1.06. The Morgan fingerprint density at radius 3 is 2.07 bits per heavy atom. The standard InChI is InChI=1S/C17H16N2O4.2C2H6/c1-2-19-11-6-3-5-10(17(18)22)15(11)16-12(19)7-4-8-13(16)23-9-14(20)21;2*1-2/h3-8H,2,9H2,1H3,(H2,18,22)(H,20,21);2*1-2H3. The highest BCUT2D eigenvalue weighted by Gasteiger charge is 2.19. The Morgan fingerprint density at radius 2 is 1.56 bits per heavy atom. The first-order valence-corrected chi connectivity index (χ1v) is 9.23. The topological polar surface area (TPSA) is 94.6 Å². The smallest absolute Gasteiger partial charge is 0.341 e. The van der Waals surface area contributed by atoms with Crippen molar-refractivity contribution in [3.05, 3.63) is 42.0 Å². The van der Waals surface area contributed by atoms with Gasteiger partial charge in [0.2, 0.25) is 5.91 Å². The number of aromatic nitrogens is 1. The molecule has 3 N–H and O–H groups in total. The van der Waals surface area contributed by atoms with Crippen LogP contribution in [0.4, 0.5) is 0 Å². The fourth-order valence-corrected chi connectivity index (χ4v) is 2.96. The molecule has 0 bridgehead atoms. The van der Waals surface area contributed by atoms with Crippen LogP contribution in [0.5, 0.6) is 5.75 Å². The first-order chi connectivity index (χ1) is 13.0. The lowest BCUT2D eigenvalue weighted by Crippen LogP contribution is -2.11. The molecule has 1 amide bonds. The van der Waals surface area contributed by atoms with E-state index in [2.05, 4.69) is 0 Å². The first kappa shape index (κ1) is 22.0. The summed E-state index contributed by atoms with van der Waals surface area (Å²) in [6.45, 7) is 10.3. The summed E-state index contributed by atoms with van der Waals surface area (Å²) in [6, 6.07) is 10.8. The molecule has 2 aromatic carbocycles. The maximum Gasteiger partial charge on any atom is 0.341 e. The number of amides is 1. The van der Waals surface area contributed by atoms with E-state index in [-0.39, 0.29) is 0 Å². The summed E-state index contributed by atoms with van der Waals surface area (Å²) in [7, 11) is 0. The normalized spacial score (nSPS) is 9.81. The minimum absolute atomic E-state index is 0.395. The lowest BCUT2D eigenvalue weighted by atomic mass is 10.1. The molecular weight excluding hydrogens is 344 g/mol. The second kappa shape index (κ2) is 10.2. The number of nitrogens with zero attached hydrogens (tertiary/aromatic N) is 1. The zero-order valence-corrected chi connectivity index (χ0v) is 16.6. The summed E-state index contributed by atoms with van der Waals surface area (Å²) in [5.74, 6) is -1.16. The Morgan fingerprint density at radius 1 is 1.00 bits per heavy atom. The maximum absolute atomic E-state index is 11.8. The molecule has 0 fully saturated rings. The number of ether oxygens (including phenoxy) is 1. The minimum Gasteiger partial charge on any atom is -0.481 e. The number of fused-ring (bicyclic) bond motifs is 3.